The molecule has 0 spiro atoms. The van der Waals surface area contributed by atoms with E-state index < -0.39 is 6.10 Å². The third-order valence-electron chi connectivity index (χ3n) is 10.8. The van der Waals surface area contributed by atoms with E-state index in [9.17, 15) is 14.4 Å². The van der Waals surface area contributed by atoms with Crippen LogP contribution in [0.15, 0.2) is 85.1 Å². The first kappa shape index (κ1) is 59.6. The third kappa shape index (κ3) is 49.5. The zero-order chi connectivity index (χ0) is 45.8. The van der Waals surface area contributed by atoms with Crippen molar-refractivity contribution in [2.45, 2.75) is 245 Å². The molecule has 0 fully saturated rings. The molecule has 0 saturated carbocycles. The van der Waals surface area contributed by atoms with Gasteiger partial charge in [-0.15, -0.1) is 0 Å². The normalized spacial score (nSPS) is 12.3. The van der Waals surface area contributed by atoms with Gasteiger partial charge in [-0.3, -0.25) is 14.4 Å². The van der Waals surface area contributed by atoms with Crippen molar-refractivity contribution in [2.24, 2.45) is 0 Å². The van der Waals surface area contributed by atoms with Gasteiger partial charge in [0.2, 0.25) is 0 Å². The molecule has 0 unspecified atom stereocenters. The van der Waals surface area contributed by atoms with E-state index in [0.29, 0.717) is 19.3 Å². The van der Waals surface area contributed by atoms with E-state index in [4.69, 9.17) is 14.2 Å². The van der Waals surface area contributed by atoms with E-state index in [1.165, 1.54) is 77.0 Å². The molecule has 0 aromatic carbocycles. The van der Waals surface area contributed by atoms with Gasteiger partial charge in [0.05, 0.1) is 0 Å². The number of allylic oxidation sites excluding steroid dienone is 14. The molecule has 0 aliphatic heterocycles. The van der Waals surface area contributed by atoms with Crippen molar-refractivity contribution in [2.75, 3.05) is 13.2 Å². The highest BCUT2D eigenvalue weighted by molar-refractivity contribution is 5.71. The first-order valence-corrected chi connectivity index (χ1v) is 26.1. The van der Waals surface area contributed by atoms with E-state index in [1.54, 1.807) is 0 Å². The molecular formula is C57H96O6. The van der Waals surface area contributed by atoms with Crippen molar-refractivity contribution in [1.82, 2.24) is 0 Å². The molecule has 6 heteroatoms. The zero-order valence-corrected chi connectivity index (χ0v) is 41.1. The summed E-state index contributed by atoms with van der Waals surface area (Å²) >= 11 is 0. The largest absolute Gasteiger partial charge is 0.462 e. The van der Waals surface area contributed by atoms with Gasteiger partial charge in [0.1, 0.15) is 13.2 Å². The molecule has 0 aromatic rings. The summed E-state index contributed by atoms with van der Waals surface area (Å²) in [6, 6.07) is 0. The van der Waals surface area contributed by atoms with Crippen molar-refractivity contribution in [3.63, 3.8) is 0 Å². The standard InChI is InChI=1S/C57H96O6/c1-4-7-10-13-16-19-22-25-28-31-34-37-40-43-46-49-55(58)61-52-54(63-57(60)51-48-45-42-39-36-33-30-27-24-21-18-15-12-9-6-3)53-62-56(59)50-47-44-41-38-35-32-29-26-23-20-17-14-11-8-5-2/h16-21,25-30,36,39,54H,4-15,22-24,31-35,37-38,40-53H2,1-3H3/b19-16-,20-17-,21-18-,28-25-,29-26-,30-27-,39-36-. The summed E-state index contributed by atoms with van der Waals surface area (Å²) in [5.74, 6) is -0.971. The molecule has 0 aromatic heterocycles. The lowest BCUT2D eigenvalue weighted by Crippen LogP contribution is -2.30. The minimum absolute atomic E-state index is 0.104. The number of unbranched alkanes of at least 4 members (excludes halogenated alkanes) is 21. The van der Waals surface area contributed by atoms with Gasteiger partial charge in [0.15, 0.2) is 6.10 Å². The molecule has 0 saturated heterocycles. The minimum atomic E-state index is -0.808. The molecule has 0 aliphatic rings. The van der Waals surface area contributed by atoms with Gasteiger partial charge in [-0.25, -0.2) is 0 Å². The highest BCUT2D eigenvalue weighted by Crippen LogP contribution is 2.12. The van der Waals surface area contributed by atoms with Gasteiger partial charge in [-0.05, 0) is 122 Å². The predicted octanol–water partition coefficient (Wildman–Crippen LogP) is 17.2. The number of hydrogen-bond donors (Lipinski definition) is 0. The fourth-order valence-corrected chi connectivity index (χ4v) is 6.86. The molecule has 0 N–H and O–H groups in total. The van der Waals surface area contributed by atoms with E-state index >= 15 is 0 Å². The summed E-state index contributed by atoms with van der Waals surface area (Å²) in [7, 11) is 0. The maximum Gasteiger partial charge on any atom is 0.306 e. The fourth-order valence-electron chi connectivity index (χ4n) is 6.86. The SMILES string of the molecule is CCCCC/C=C\C/C=C\C/C=C\CCCCC(=O)OC(COC(=O)CCCCCCC/C=C\C/C=C\CCCCC)COC(=O)CCCCCCC/C=C\C/C=C\CCCCC. The van der Waals surface area contributed by atoms with Gasteiger partial charge >= 0.3 is 17.9 Å². The van der Waals surface area contributed by atoms with Crippen LogP contribution in [0, 0.1) is 0 Å². The van der Waals surface area contributed by atoms with Crippen LogP contribution in [-0.2, 0) is 28.6 Å². The van der Waals surface area contributed by atoms with Crippen LogP contribution >= 0.6 is 0 Å². The Balaban J connectivity index is 4.50. The Morgan fingerprint density at radius 1 is 0.317 bits per heavy atom. The Hall–Kier alpha value is -3.41. The Bertz CT molecular complexity index is 1170. The number of carbonyl (C=O) groups excluding carboxylic acids is 3. The number of esters is 3. The van der Waals surface area contributed by atoms with Crippen molar-refractivity contribution in [1.29, 1.82) is 0 Å². The van der Waals surface area contributed by atoms with E-state index in [0.717, 1.165) is 116 Å². The third-order valence-corrected chi connectivity index (χ3v) is 10.8. The van der Waals surface area contributed by atoms with E-state index in [-0.39, 0.29) is 37.5 Å². The van der Waals surface area contributed by atoms with Crippen molar-refractivity contribution >= 4 is 17.9 Å². The molecule has 0 bridgehead atoms. The van der Waals surface area contributed by atoms with Crippen LogP contribution in [0.3, 0.4) is 0 Å². The Morgan fingerprint density at radius 3 is 0.921 bits per heavy atom. The minimum Gasteiger partial charge on any atom is -0.462 e. The Labute approximate surface area is 388 Å². The lowest BCUT2D eigenvalue weighted by Gasteiger charge is -2.18. The quantitative estimate of drug-likeness (QED) is 0.0262. The van der Waals surface area contributed by atoms with Crippen LogP contribution < -0.4 is 0 Å². The maximum atomic E-state index is 12.8. The summed E-state index contributed by atoms with van der Waals surface area (Å²) in [6.07, 6.45) is 65.6. The van der Waals surface area contributed by atoms with Crippen LogP contribution in [-0.4, -0.2) is 37.2 Å². The molecule has 6 nitrogen and oxygen atoms in total. The lowest BCUT2D eigenvalue weighted by molar-refractivity contribution is -0.167. The molecule has 63 heavy (non-hydrogen) atoms. The molecule has 0 radical (unpaired) electrons. The highest BCUT2D eigenvalue weighted by Gasteiger charge is 2.19. The molecule has 0 atom stereocenters. The van der Waals surface area contributed by atoms with Crippen LogP contribution in [0.5, 0.6) is 0 Å². The van der Waals surface area contributed by atoms with Gasteiger partial charge in [-0.1, -0.05) is 183 Å². The number of ether oxygens (including phenoxy) is 3. The summed E-state index contributed by atoms with van der Waals surface area (Å²) in [6.45, 7) is 6.49. The second-order valence-electron chi connectivity index (χ2n) is 17.1. The first-order chi connectivity index (χ1) is 31.0. The van der Waals surface area contributed by atoms with Gasteiger partial charge in [-0.2, -0.15) is 0 Å². The summed E-state index contributed by atoms with van der Waals surface area (Å²) in [4.78, 5) is 38.0. The van der Waals surface area contributed by atoms with Crippen molar-refractivity contribution in [3.8, 4) is 0 Å². The maximum absolute atomic E-state index is 12.8. The number of hydrogen-bond acceptors (Lipinski definition) is 6. The topological polar surface area (TPSA) is 78.9 Å². The van der Waals surface area contributed by atoms with Gasteiger partial charge in [0.25, 0.3) is 0 Å². The smallest absolute Gasteiger partial charge is 0.306 e. The summed E-state index contributed by atoms with van der Waals surface area (Å²) in [5, 5.41) is 0. The molecular weight excluding hydrogens is 781 g/mol. The molecule has 0 amide bonds. The Morgan fingerprint density at radius 2 is 0.571 bits per heavy atom. The second-order valence-corrected chi connectivity index (χ2v) is 17.1. The number of rotatable bonds is 46. The molecule has 0 rings (SSSR count). The first-order valence-electron chi connectivity index (χ1n) is 26.1. The summed E-state index contributed by atoms with van der Waals surface area (Å²) < 4.78 is 16.7. The van der Waals surface area contributed by atoms with Crippen LogP contribution in [0.2, 0.25) is 0 Å². The zero-order valence-electron chi connectivity index (χ0n) is 41.1. The predicted molar refractivity (Wildman–Crippen MR) is 270 cm³/mol. The Kier molecular flexibility index (Phi) is 48.5. The molecule has 0 heterocycles. The van der Waals surface area contributed by atoms with E-state index in [1.807, 2.05) is 0 Å². The van der Waals surface area contributed by atoms with Crippen LogP contribution in [0.25, 0.3) is 0 Å². The van der Waals surface area contributed by atoms with Crippen LogP contribution in [0.4, 0.5) is 0 Å². The summed E-state index contributed by atoms with van der Waals surface area (Å²) in [5.41, 5.74) is 0. The van der Waals surface area contributed by atoms with Crippen LogP contribution in [0.1, 0.15) is 239 Å². The number of carbonyl (C=O) groups is 3. The second kappa shape index (κ2) is 51.2. The lowest BCUT2D eigenvalue weighted by atomic mass is 10.1. The monoisotopic (exact) mass is 877 g/mol. The average Bonchev–Trinajstić information content (AvgIpc) is 3.28. The molecule has 360 valence electrons. The van der Waals surface area contributed by atoms with Crippen molar-refractivity contribution < 1.29 is 28.6 Å². The average molecular weight is 877 g/mol. The van der Waals surface area contributed by atoms with Gasteiger partial charge in [0, 0.05) is 19.3 Å². The van der Waals surface area contributed by atoms with Gasteiger partial charge < -0.3 is 14.2 Å². The van der Waals surface area contributed by atoms with E-state index in [2.05, 4.69) is 106 Å². The molecule has 0 aliphatic carbocycles. The highest BCUT2D eigenvalue weighted by atomic mass is 16.6. The van der Waals surface area contributed by atoms with Crippen molar-refractivity contribution in [3.05, 3.63) is 85.1 Å². The fraction of sp³-hybridized carbons (Fsp3) is 0.702.